The van der Waals surface area contributed by atoms with Crippen LogP contribution in [0.15, 0.2) is 34.2 Å². The van der Waals surface area contributed by atoms with Crippen molar-refractivity contribution in [2.24, 2.45) is 4.99 Å². The van der Waals surface area contributed by atoms with E-state index in [1.54, 1.807) is 24.3 Å². The highest BCUT2D eigenvalue weighted by Crippen LogP contribution is 2.10. The molecule has 0 bridgehead atoms. The number of guanidine groups is 1. The zero-order valence-corrected chi connectivity index (χ0v) is 13.7. The molecule has 2 rings (SSSR count). The van der Waals surface area contributed by atoms with Crippen LogP contribution in [0.5, 0.6) is 0 Å². The van der Waals surface area contributed by atoms with Gasteiger partial charge in [0.05, 0.1) is 18.0 Å². The maximum atomic E-state index is 12.0. The standard InChI is InChI=1S/C14H22N4O3S/c1-18-9-7-15-14(18)16-11-12-3-5-13(6-4-12)22(19,20)17-8-10-21-2/h3-6,17H,7-11H2,1-2H3,(H,15,16). The van der Waals surface area contributed by atoms with Gasteiger partial charge in [0.25, 0.3) is 0 Å². The summed E-state index contributed by atoms with van der Waals surface area (Å²) in [6.45, 7) is 2.95. The van der Waals surface area contributed by atoms with Gasteiger partial charge in [-0.3, -0.25) is 4.99 Å². The van der Waals surface area contributed by atoms with E-state index in [0.29, 0.717) is 13.2 Å². The quantitative estimate of drug-likeness (QED) is 0.689. The van der Waals surface area contributed by atoms with Gasteiger partial charge < -0.3 is 15.0 Å². The first kappa shape index (κ1) is 16.7. The van der Waals surface area contributed by atoms with E-state index in [0.717, 1.165) is 24.6 Å². The number of hydrogen-bond acceptors (Lipinski definition) is 6. The lowest BCUT2D eigenvalue weighted by molar-refractivity contribution is 0.204. The number of nitrogens with one attached hydrogen (secondary N) is 2. The van der Waals surface area contributed by atoms with Gasteiger partial charge in [-0.25, -0.2) is 13.1 Å². The Hall–Kier alpha value is -1.64. The summed E-state index contributed by atoms with van der Waals surface area (Å²) in [6.07, 6.45) is 0. The minimum Gasteiger partial charge on any atom is -0.383 e. The lowest BCUT2D eigenvalue weighted by Crippen LogP contribution is -2.35. The summed E-state index contributed by atoms with van der Waals surface area (Å²) < 4.78 is 31.4. The zero-order chi connectivity index (χ0) is 16.0. The van der Waals surface area contributed by atoms with Gasteiger partial charge in [0.15, 0.2) is 5.96 Å². The van der Waals surface area contributed by atoms with Crippen molar-refractivity contribution in [1.29, 1.82) is 0 Å². The highest BCUT2D eigenvalue weighted by Gasteiger charge is 2.14. The number of hydrogen-bond donors (Lipinski definition) is 2. The van der Waals surface area contributed by atoms with Crippen LogP contribution in [-0.4, -0.2) is 59.7 Å². The second-order valence-electron chi connectivity index (χ2n) is 5.01. The SMILES string of the molecule is COCCNS(=O)(=O)c1ccc(CNC2=NCCN2C)cc1. The number of rotatable bonds is 7. The van der Waals surface area contributed by atoms with Crippen LogP contribution in [0.2, 0.25) is 0 Å². The maximum Gasteiger partial charge on any atom is 0.240 e. The predicted molar refractivity (Wildman–Crippen MR) is 85.3 cm³/mol. The summed E-state index contributed by atoms with van der Waals surface area (Å²) in [5.41, 5.74) is 0.999. The molecule has 0 saturated heterocycles. The van der Waals surface area contributed by atoms with Crippen molar-refractivity contribution in [3.63, 3.8) is 0 Å². The monoisotopic (exact) mass is 326 g/mol. The van der Waals surface area contributed by atoms with Crippen LogP contribution < -0.4 is 10.0 Å². The first-order valence-electron chi connectivity index (χ1n) is 7.10. The molecule has 0 radical (unpaired) electrons. The third kappa shape index (κ3) is 4.43. The van der Waals surface area contributed by atoms with Crippen molar-refractivity contribution in [1.82, 2.24) is 14.9 Å². The Balaban J connectivity index is 1.92. The minimum absolute atomic E-state index is 0.252. The minimum atomic E-state index is -3.47. The van der Waals surface area contributed by atoms with Crippen LogP contribution in [0.1, 0.15) is 5.56 Å². The molecule has 22 heavy (non-hydrogen) atoms. The third-order valence-corrected chi connectivity index (χ3v) is 4.82. The van der Waals surface area contributed by atoms with E-state index in [2.05, 4.69) is 19.9 Å². The molecule has 8 heteroatoms. The van der Waals surface area contributed by atoms with Crippen molar-refractivity contribution in [3.05, 3.63) is 29.8 Å². The highest BCUT2D eigenvalue weighted by molar-refractivity contribution is 7.89. The molecule has 1 aliphatic heterocycles. The van der Waals surface area contributed by atoms with E-state index < -0.39 is 10.0 Å². The van der Waals surface area contributed by atoms with Gasteiger partial charge in [-0.15, -0.1) is 0 Å². The van der Waals surface area contributed by atoms with Crippen molar-refractivity contribution >= 4 is 16.0 Å². The maximum absolute atomic E-state index is 12.0. The Morgan fingerprint density at radius 3 is 2.64 bits per heavy atom. The number of aliphatic imine (C=N–C) groups is 1. The second-order valence-corrected chi connectivity index (χ2v) is 6.78. The number of nitrogens with zero attached hydrogens (tertiary/aromatic N) is 2. The Labute approximate surface area is 131 Å². The van der Waals surface area contributed by atoms with Crippen LogP contribution in [0.4, 0.5) is 0 Å². The van der Waals surface area contributed by atoms with Crippen LogP contribution in [0, 0.1) is 0 Å². The molecule has 0 saturated carbocycles. The zero-order valence-electron chi connectivity index (χ0n) is 12.9. The average Bonchev–Trinajstić information content (AvgIpc) is 2.91. The smallest absolute Gasteiger partial charge is 0.240 e. The van der Waals surface area contributed by atoms with E-state index >= 15 is 0 Å². The van der Waals surface area contributed by atoms with Crippen LogP contribution in [0.3, 0.4) is 0 Å². The second kappa shape index (κ2) is 7.57. The first-order valence-corrected chi connectivity index (χ1v) is 8.58. The molecule has 1 aromatic carbocycles. The predicted octanol–water partition coefficient (Wildman–Crippen LogP) is 0.00230. The summed E-state index contributed by atoms with van der Waals surface area (Å²) >= 11 is 0. The summed E-state index contributed by atoms with van der Waals surface area (Å²) in [5, 5.41) is 3.24. The van der Waals surface area contributed by atoms with E-state index in [-0.39, 0.29) is 11.4 Å². The summed E-state index contributed by atoms with van der Waals surface area (Å²) in [4.78, 5) is 6.65. The third-order valence-electron chi connectivity index (χ3n) is 3.34. The molecule has 122 valence electrons. The summed E-state index contributed by atoms with van der Waals surface area (Å²) in [7, 11) is 0.0452. The fourth-order valence-electron chi connectivity index (χ4n) is 2.05. The van der Waals surface area contributed by atoms with E-state index in [9.17, 15) is 8.42 Å². The lowest BCUT2D eigenvalue weighted by Gasteiger charge is -2.15. The molecule has 1 aromatic rings. The molecule has 0 aliphatic carbocycles. The van der Waals surface area contributed by atoms with Gasteiger partial charge in [-0.2, -0.15) is 0 Å². The Morgan fingerprint density at radius 2 is 2.05 bits per heavy atom. The van der Waals surface area contributed by atoms with Crippen LogP contribution >= 0.6 is 0 Å². The van der Waals surface area contributed by atoms with Crippen molar-refractivity contribution < 1.29 is 13.2 Å². The van der Waals surface area contributed by atoms with E-state index in [1.165, 1.54) is 7.11 Å². The normalized spacial score (nSPS) is 15.0. The topological polar surface area (TPSA) is 83.0 Å². The molecule has 7 nitrogen and oxygen atoms in total. The molecule has 0 atom stereocenters. The fourth-order valence-corrected chi connectivity index (χ4v) is 3.07. The number of benzene rings is 1. The molecule has 1 heterocycles. The molecule has 0 aromatic heterocycles. The molecule has 0 unspecified atom stereocenters. The van der Waals surface area contributed by atoms with E-state index in [4.69, 9.17) is 4.74 Å². The van der Waals surface area contributed by atoms with Gasteiger partial charge >= 0.3 is 0 Å². The summed E-state index contributed by atoms with van der Waals surface area (Å²) in [5.74, 6) is 0.873. The largest absolute Gasteiger partial charge is 0.383 e. The summed E-state index contributed by atoms with van der Waals surface area (Å²) in [6, 6.07) is 6.80. The molecule has 0 amide bonds. The molecule has 1 aliphatic rings. The van der Waals surface area contributed by atoms with Gasteiger partial charge in [0, 0.05) is 33.8 Å². The molecule has 0 fully saturated rings. The first-order chi connectivity index (χ1) is 10.5. The number of methoxy groups -OCH3 is 1. The number of ether oxygens (including phenoxy) is 1. The molecular formula is C14H22N4O3S. The number of sulfonamides is 1. The number of likely N-dealkylation sites (N-methyl/N-ethyl adjacent to an activating group) is 1. The van der Waals surface area contributed by atoms with Crippen molar-refractivity contribution in [2.75, 3.05) is 40.4 Å². The van der Waals surface area contributed by atoms with Crippen LogP contribution in [0.25, 0.3) is 0 Å². The molecule has 0 spiro atoms. The van der Waals surface area contributed by atoms with Gasteiger partial charge in [0.1, 0.15) is 0 Å². The van der Waals surface area contributed by atoms with Gasteiger partial charge in [0.2, 0.25) is 10.0 Å². The van der Waals surface area contributed by atoms with Crippen LogP contribution in [-0.2, 0) is 21.3 Å². The van der Waals surface area contributed by atoms with Gasteiger partial charge in [-0.1, -0.05) is 12.1 Å². The lowest BCUT2D eigenvalue weighted by atomic mass is 10.2. The Bertz CT molecular complexity index is 613. The Kier molecular flexibility index (Phi) is 5.76. The Morgan fingerprint density at radius 1 is 1.32 bits per heavy atom. The highest BCUT2D eigenvalue weighted by atomic mass is 32.2. The van der Waals surface area contributed by atoms with Gasteiger partial charge in [-0.05, 0) is 17.7 Å². The fraction of sp³-hybridized carbons (Fsp3) is 0.500. The van der Waals surface area contributed by atoms with Crippen molar-refractivity contribution in [2.45, 2.75) is 11.4 Å². The van der Waals surface area contributed by atoms with Crippen molar-refractivity contribution in [3.8, 4) is 0 Å². The molecular weight excluding hydrogens is 304 g/mol. The van der Waals surface area contributed by atoms with E-state index in [1.807, 2.05) is 7.05 Å². The molecule has 2 N–H and O–H groups in total. The average molecular weight is 326 g/mol.